The maximum absolute atomic E-state index is 3.30. The van der Waals surface area contributed by atoms with E-state index >= 15 is 0 Å². The molecule has 1 aromatic rings. The molecule has 0 spiro atoms. The molecular formula is C16H31BrN2. The van der Waals surface area contributed by atoms with Crippen LogP contribution in [-0.2, 0) is 13.5 Å². The van der Waals surface area contributed by atoms with Crippen LogP contribution < -0.4 is 21.5 Å². The Morgan fingerprint density at radius 1 is 1.00 bits per heavy atom. The average Bonchev–Trinajstić information content (AvgIpc) is 2.72. The Bertz CT molecular complexity index is 307. The first-order valence-electron chi connectivity index (χ1n) is 7.72. The number of unbranched alkanes of at least 4 members (excludes halogenated alkanes) is 6. The van der Waals surface area contributed by atoms with Gasteiger partial charge in [0, 0.05) is 6.42 Å². The zero-order chi connectivity index (χ0) is 13.2. The minimum atomic E-state index is 0. The van der Waals surface area contributed by atoms with E-state index in [1.165, 1.54) is 63.6 Å². The minimum Gasteiger partial charge on any atom is -1.00 e. The molecule has 19 heavy (non-hydrogen) atoms. The molecule has 2 nitrogen and oxygen atoms in total. The van der Waals surface area contributed by atoms with E-state index in [2.05, 4.69) is 36.6 Å². The quantitative estimate of drug-likeness (QED) is 0.490. The van der Waals surface area contributed by atoms with Crippen LogP contribution in [-0.4, -0.2) is 4.98 Å². The van der Waals surface area contributed by atoms with E-state index in [1.54, 1.807) is 0 Å². The smallest absolute Gasteiger partial charge is 0.253 e. The SMILES string of the molecule is CC(C)CCCCCCCCCc1[nH]cc[n+]1C.[Br-]. The van der Waals surface area contributed by atoms with E-state index in [-0.39, 0.29) is 17.0 Å². The third kappa shape index (κ3) is 9.26. The molecule has 0 fully saturated rings. The van der Waals surface area contributed by atoms with Crippen LogP contribution in [0, 0.1) is 5.92 Å². The molecule has 0 aliphatic heterocycles. The molecule has 1 rings (SSSR count). The van der Waals surface area contributed by atoms with Gasteiger partial charge in [0.2, 0.25) is 0 Å². The normalized spacial score (nSPS) is 10.7. The molecule has 1 N–H and O–H groups in total. The minimum absolute atomic E-state index is 0. The van der Waals surface area contributed by atoms with Crippen molar-refractivity contribution >= 4 is 0 Å². The highest BCUT2D eigenvalue weighted by molar-refractivity contribution is 4.76. The van der Waals surface area contributed by atoms with Crippen LogP contribution in [0.15, 0.2) is 12.4 Å². The summed E-state index contributed by atoms with van der Waals surface area (Å²) in [6, 6.07) is 0. The number of aryl methyl sites for hydroxylation is 2. The third-order valence-electron chi connectivity index (χ3n) is 3.67. The topological polar surface area (TPSA) is 19.7 Å². The molecule has 1 aromatic heterocycles. The van der Waals surface area contributed by atoms with E-state index in [0.717, 1.165) is 5.92 Å². The first kappa shape index (κ1) is 18.7. The van der Waals surface area contributed by atoms with Crippen molar-refractivity contribution in [3.05, 3.63) is 18.2 Å². The lowest BCUT2D eigenvalue weighted by Gasteiger charge is -2.04. The molecule has 3 heteroatoms. The summed E-state index contributed by atoms with van der Waals surface area (Å²) in [7, 11) is 2.11. The number of halogens is 1. The molecule has 0 aromatic carbocycles. The second-order valence-electron chi connectivity index (χ2n) is 5.93. The highest BCUT2D eigenvalue weighted by Gasteiger charge is 2.04. The van der Waals surface area contributed by atoms with Crippen molar-refractivity contribution in [1.82, 2.24) is 4.98 Å². The maximum atomic E-state index is 3.30. The van der Waals surface area contributed by atoms with Gasteiger partial charge in [0.25, 0.3) is 5.82 Å². The number of aromatic nitrogens is 2. The van der Waals surface area contributed by atoms with Gasteiger partial charge >= 0.3 is 0 Å². The summed E-state index contributed by atoms with van der Waals surface area (Å²) in [6.45, 7) is 4.64. The highest BCUT2D eigenvalue weighted by Crippen LogP contribution is 2.12. The molecule has 0 atom stereocenters. The Morgan fingerprint density at radius 2 is 1.58 bits per heavy atom. The van der Waals surface area contributed by atoms with Gasteiger partial charge < -0.3 is 17.0 Å². The van der Waals surface area contributed by atoms with Crippen LogP contribution in [0.5, 0.6) is 0 Å². The molecule has 0 saturated carbocycles. The van der Waals surface area contributed by atoms with Gasteiger partial charge in [-0.25, -0.2) is 9.55 Å². The number of aromatic amines is 1. The number of hydrogen-bond acceptors (Lipinski definition) is 0. The van der Waals surface area contributed by atoms with Crippen molar-refractivity contribution in [2.75, 3.05) is 0 Å². The summed E-state index contributed by atoms with van der Waals surface area (Å²) in [5.41, 5.74) is 0. The largest absolute Gasteiger partial charge is 1.00 e. The first-order valence-corrected chi connectivity index (χ1v) is 7.72. The molecule has 0 amide bonds. The van der Waals surface area contributed by atoms with Crippen molar-refractivity contribution in [3.8, 4) is 0 Å². The van der Waals surface area contributed by atoms with Crippen LogP contribution in [0.25, 0.3) is 0 Å². The lowest BCUT2D eigenvalue weighted by Crippen LogP contribution is -3.00. The van der Waals surface area contributed by atoms with Gasteiger partial charge in [0.05, 0.1) is 7.05 Å². The number of imidazole rings is 1. The fourth-order valence-corrected chi connectivity index (χ4v) is 2.41. The van der Waals surface area contributed by atoms with Crippen molar-refractivity contribution in [2.45, 2.75) is 71.6 Å². The zero-order valence-corrected chi connectivity index (χ0v) is 14.5. The molecule has 1 heterocycles. The molecule has 0 saturated heterocycles. The number of H-pyrrole nitrogens is 1. The molecule has 0 aliphatic carbocycles. The van der Waals surface area contributed by atoms with Crippen molar-refractivity contribution in [2.24, 2.45) is 13.0 Å². The number of nitrogens with zero attached hydrogens (tertiary/aromatic N) is 1. The van der Waals surface area contributed by atoms with Crippen LogP contribution in [0.1, 0.15) is 71.0 Å². The highest BCUT2D eigenvalue weighted by atomic mass is 79.9. The predicted octanol–water partition coefficient (Wildman–Crippen LogP) is 1.16. The third-order valence-corrected chi connectivity index (χ3v) is 3.67. The first-order chi connectivity index (χ1) is 8.70. The zero-order valence-electron chi connectivity index (χ0n) is 12.9. The fraction of sp³-hybridized carbons (Fsp3) is 0.812. The van der Waals surface area contributed by atoms with Gasteiger partial charge in [-0.1, -0.05) is 58.8 Å². The number of nitrogens with one attached hydrogen (secondary N) is 1. The Hall–Kier alpha value is -0.310. The van der Waals surface area contributed by atoms with Gasteiger partial charge in [-0.15, -0.1) is 0 Å². The van der Waals surface area contributed by atoms with E-state index in [0.29, 0.717) is 0 Å². The van der Waals surface area contributed by atoms with Crippen LogP contribution in [0.2, 0.25) is 0 Å². The van der Waals surface area contributed by atoms with Crippen molar-refractivity contribution in [3.63, 3.8) is 0 Å². The maximum Gasteiger partial charge on any atom is 0.253 e. The molecule has 0 bridgehead atoms. The van der Waals surface area contributed by atoms with Gasteiger partial charge in [-0.2, -0.15) is 0 Å². The van der Waals surface area contributed by atoms with Crippen molar-refractivity contribution < 1.29 is 21.5 Å². The molecule has 0 unspecified atom stereocenters. The van der Waals surface area contributed by atoms with Crippen molar-refractivity contribution in [1.29, 1.82) is 0 Å². The van der Waals surface area contributed by atoms with Crippen LogP contribution in [0.3, 0.4) is 0 Å². The Balaban J connectivity index is 0.00000324. The summed E-state index contributed by atoms with van der Waals surface area (Å²) in [5, 5.41) is 0. The van der Waals surface area contributed by atoms with Crippen LogP contribution in [0.4, 0.5) is 0 Å². The van der Waals surface area contributed by atoms with Gasteiger partial charge in [0.15, 0.2) is 0 Å². The lowest BCUT2D eigenvalue weighted by atomic mass is 10.0. The average molecular weight is 331 g/mol. The number of rotatable bonds is 10. The lowest BCUT2D eigenvalue weighted by molar-refractivity contribution is -0.677. The van der Waals surface area contributed by atoms with Gasteiger partial charge in [0.1, 0.15) is 12.4 Å². The molecule has 0 radical (unpaired) electrons. The van der Waals surface area contributed by atoms with Gasteiger partial charge in [-0.3, -0.25) is 0 Å². The summed E-state index contributed by atoms with van der Waals surface area (Å²) in [5.74, 6) is 2.23. The number of hydrogen-bond donors (Lipinski definition) is 1. The summed E-state index contributed by atoms with van der Waals surface area (Å²) in [6.07, 6.45) is 16.5. The molecular weight excluding hydrogens is 300 g/mol. The Morgan fingerprint density at radius 3 is 2.11 bits per heavy atom. The van der Waals surface area contributed by atoms with Gasteiger partial charge in [-0.05, 0) is 12.3 Å². The van der Waals surface area contributed by atoms with E-state index in [9.17, 15) is 0 Å². The summed E-state index contributed by atoms with van der Waals surface area (Å²) < 4.78 is 2.19. The standard InChI is InChI=1S/C16H30N2.BrH/c1-15(2)11-9-7-5-4-6-8-10-12-16-17-13-14-18(16)3;/h13-15H,4-12H2,1-3H3;1H. The summed E-state index contributed by atoms with van der Waals surface area (Å²) in [4.78, 5) is 3.30. The second-order valence-corrected chi connectivity index (χ2v) is 5.93. The Labute approximate surface area is 129 Å². The predicted molar refractivity (Wildman–Crippen MR) is 77.4 cm³/mol. The monoisotopic (exact) mass is 330 g/mol. The fourth-order valence-electron chi connectivity index (χ4n) is 2.41. The molecule has 112 valence electrons. The van der Waals surface area contributed by atoms with E-state index < -0.39 is 0 Å². The summed E-state index contributed by atoms with van der Waals surface area (Å²) >= 11 is 0. The van der Waals surface area contributed by atoms with E-state index in [1.807, 2.05) is 6.20 Å². The Kier molecular flexibility index (Phi) is 11.3. The van der Waals surface area contributed by atoms with Crippen LogP contribution >= 0.6 is 0 Å². The van der Waals surface area contributed by atoms with E-state index in [4.69, 9.17) is 0 Å². The second kappa shape index (κ2) is 11.5. The molecule has 0 aliphatic rings.